The fraction of sp³-hybridized carbons (Fsp3) is 0.550. The van der Waals surface area contributed by atoms with Crippen molar-refractivity contribution < 1.29 is 14.4 Å². The van der Waals surface area contributed by atoms with E-state index in [0.29, 0.717) is 57.1 Å². The van der Waals surface area contributed by atoms with E-state index in [1.54, 1.807) is 16.7 Å². The number of likely N-dealkylation sites (tertiary alicyclic amines) is 1. The number of halogens is 1. The van der Waals surface area contributed by atoms with Gasteiger partial charge in [0.05, 0.1) is 5.92 Å². The number of piperidine rings is 1. The molecule has 0 N–H and O–H groups in total. The second-order valence-corrected chi connectivity index (χ2v) is 7.76. The summed E-state index contributed by atoms with van der Waals surface area (Å²) >= 11 is 5.92. The molecule has 0 bridgehead atoms. The number of carbonyl (C=O) groups excluding carboxylic acids is 3. The topological polar surface area (TPSA) is 60.9 Å². The summed E-state index contributed by atoms with van der Waals surface area (Å²) < 4.78 is 0. The molecule has 2 fully saturated rings. The zero-order valence-corrected chi connectivity index (χ0v) is 16.5. The van der Waals surface area contributed by atoms with Crippen molar-refractivity contribution in [1.82, 2.24) is 14.7 Å². The van der Waals surface area contributed by atoms with Gasteiger partial charge < -0.3 is 14.7 Å². The van der Waals surface area contributed by atoms with Gasteiger partial charge >= 0.3 is 0 Å². The Morgan fingerprint density at radius 1 is 1.07 bits per heavy atom. The van der Waals surface area contributed by atoms with E-state index >= 15 is 0 Å². The minimum atomic E-state index is -0.168. The lowest BCUT2D eigenvalue weighted by Crippen LogP contribution is -2.47. The molecule has 1 aromatic rings. The molecule has 0 aliphatic carbocycles. The van der Waals surface area contributed by atoms with Crippen LogP contribution in [-0.4, -0.2) is 65.1 Å². The van der Waals surface area contributed by atoms with Crippen LogP contribution in [0.2, 0.25) is 5.02 Å². The molecule has 1 atom stereocenters. The quantitative estimate of drug-likeness (QED) is 0.793. The average Bonchev–Trinajstić information content (AvgIpc) is 2.91. The van der Waals surface area contributed by atoms with Gasteiger partial charge in [0.25, 0.3) is 0 Å². The molecule has 2 aliphatic heterocycles. The van der Waals surface area contributed by atoms with Crippen molar-refractivity contribution in [1.29, 1.82) is 0 Å². The van der Waals surface area contributed by atoms with Crippen molar-refractivity contribution >= 4 is 29.3 Å². The van der Waals surface area contributed by atoms with Crippen LogP contribution in [0.5, 0.6) is 0 Å². The van der Waals surface area contributed by atoms with E-state index < -0.39 is 0 Å². The number of nitrogens with zero attached hydrogens (tertiary/aromatic N) is 3. The fourth-order valence-corrected chi connectivity index (χ4v) is 3.92. The molecule has 1 aromatic carbocycles. The molecule has 0 aromatic heterocycles. The van der Waals surface area contributed by atoms with Crippen LogP contribution < -0.4 is 0 Å². The van der Waals surface area contributed by atoms with E-state index in [1.165, 1.54) is 0 Å². The standard InChI is InChI=1S/C20H26ClN3O3/c1-15(25)22-9-2-10-23(12-11-22)20(27)17-5-8-19(26)24(14-17)13-16-3-6-18(21)7-4-16/h3-4,6-7,17H,2,5,8-14H2,1H3/t17-/m1/s1. The van der Waals surface area contributed by atoms with Gasteiger partial charge in [-0.3, -0.25) is 14.4 Å². The molecule has 3 amide bonds. The van der Waals surface area contributed by atoms with Gasteiger partial charge in [-0.2, -0.15) is 0 Å². The van der Waals surface area contributed by atoms with Crippen LogP contribution in [-0.2, 0) is 20.9 Å². The Balaban J connectivity index is 1.61. The first-order valence-electron chi connectivity index (χ1n) is 9.50. The number of carbonyl (C=O) groups is 3. The monoisotopic (exact) mass is 391 g/mol. The highest BCUT2D eigenvalue weighted by Crippen LogP contribution is 2.23. The molecule has 27 heavy (non-hydrogen) atoms. The molecule has 146 valence electrons. The van der Waals surface area contributed by atoms with Crippen molar-refractivity contribution in [2.24, 2.45) is 5.92 Å². The molecule has 2 heterocycles. The zero-order valence-electron chi connectivity index (χ0n) is 15.7. The smallest absolute Gasteiger partial charge is 0.227 e. The highest BCUT2D eigenvalue weighted by Gasteiger charge is 2.33. The van der Waals surface area contributed by atoms with Gasteiger partial charge in [0.2, 0.25) is 17.7 Å². The maximum atomic E-state index is 13.0. The summed E-state index contributed by atoms with van der Waals surface area (Å²) in [6, 6.07) is 7.44. The van der Waals surface area contributed by atoms with Gasteiger partial charge in [-0.1, -0.05) is 23.7 Å². The third-order valence-corrected chi connectivity index (χ3v) is 5.64. The van der Waals surface area contributed by atoms with Gasteiger partial charge in [-0.15, -0.1) is 0 Å². The molecule has 0 unspecified atom stereocenters. The van der Waals surface area contributed by atoms with E-state index in [9.17, 15) is 14.4 Å². The van der Waals surface area contributed by atoms with E-state index in [1.807, 2.05) is 29.2 Å². The van der Waals surface area contributed by atoms with Crippen molar-refractivity contribution in [3.05, 3.63) is 34.9 Å². The summed E-state index contributed by atoms with van der Waals surface area (Å²) in [5, 5.41) is 0.664. The summed E-state index contributed by atoms with van der Waals surface area (Å²) in [5.41, 5.74) is 1.01. The lowest BCUT2D eigenvalue weighted by atomic mass is 9.95. The molecule has 7 heteroatoms. The maximum absolute atomic E-state index is 13.0. The molecule has 3 rings (SSSR count). The van der Waals surface area contributed by atoms with Crippen molar-refractivity contribution in [2.45, 2.75) is 32.7 Å². The molecule has 2 saturated heterocycles. The number of benzene rings is 1. The summed E-state index contributed by atoms with van der Waals surface area (Å²) in [5.74, 6) is 0.0854. The average molecular weight is 392 g/mol. The van der Waals surface area contributed by atoms with Crippen LogP contribution in [0.15, 0.2) is 24.3 Å². The number of amides is 3. The second-order valence-electron chi connectivity index (χ2n) is 7.32. The summed E-state index contributed by atoms with van der Waals surface area (Å²) in [7, 11) is 0. The predicted octanol–water partition coefficient (Wildman–Crippen LogP) is 2.16. The van der Waals surface area contributed by atoms with Crippen LogP contribution in [0.1, 0.15) is 31.7 Å². The molecule has 2 aliphatic rings. The summed E-state index contributed by atoms with van der Waals surface area (Å²) in [6.45, 7) is 5.04. The molecule has 0 spiro atoms. The second kappa shape index (κ2) is 8.74. The van der Waals surface area contributed by atoms with Crippen LogP contribution in [0.3, 0.4) is 0 Å². The first-order chi connectivity index (χ1) is 12.9. The van der Waals surface area contributed by atoms with Gasteiger partial charge in [0, 0.05) is 57.6 Å². The zero-order chi connectivity index (χ0) is 19.4. The highest BCUT2D eigenvalue weighted by molar-refractivity contribution is 6.30. The molecular formula is C20H26ClN3O3. The van der Waals surface area contributed by atoms with Crippen LogP contribution in [0.25, 0.3) is 0 Å². The Morgan fingerprint density at radius 3 is 2.44 bits per heavy atom. The minimum Gasteiger partial charge on any atom is -0.341 e. The number of hydrogen-bond acceptors (Lipinski definition) is 3. The van der Waals surface area contributed by atoms with Gasteiger partial charge in [-0.05, 0) is 30.5 Å². The Labute approximate surface area is 165 Å². The van der Waals surface area contributed by atoms with E-state index in [0.717, 1.165) is 12.0 Å². The molecular weight excluding hydrogens is 366 g/mol. The van der Waals surface area contributed by atoms with Crippen molar-refractivity contribution in [3.63, 3.8) is 0 Å². The Morgan fingerprint density at radius 2 is 1.74 bits per heavy atom. The lowest BCUT2D eigenvalue weighted by Gasteiger charge is -2.34. The Kier molecular flexibility index (Phi) is 6.37. The minimum absolute atomic E-state index is 0.0571. The maximum Gasteiger partial charge on any atom is 0.227 e. The largest absolute Gasteiger partial charge is 0.341 e. The predicted molar refractivity (Wildman–Crippen MR) is 103 cm³/mol. The van der Waals surface area contributed by atoms with Gasteiger partial charge in [0.1, 0.15) is 0 Å². The first kappa shape index (κ1) is 19.7. The first-order valence-corrected chi connectivity index (χ1v) is 9.88. The molecule has 0 saturated carbocycles. The van der Waals surface area contributed by atoms with Crippen molar-refractivity contribution in [3.8, 4) is 0 Å². The number of rotatable bonds is 3. The fourth-order valence-electron chi connectivity index (χ4n) is 3.79. The number of hydrogen-bond donors (Lipinski definition) is 0. The SMILES string of the molecule is CC(=O)N1CCCN(C(=O)[C@@H]2CCC(=O)N(Cc3ccc(Cl)cc3)C2)CC1. The Hall–Kier alpha value is -2.08. The Bertz CT molecular complexity index is 707. The van der Waals surface area contributed by atoms with Gasteiger partial charge in [0.15, 0.2) is 0 Å². The summed E-state index contributed by atoms with van der Waals surface area (Å²) in [6.07, 6.45) is 1.80. The third kappa shape index (κ3) is 5.01. The molecule has 6 nitrogen and oxygen atoms in total. The van der Waals surface area contributed by atoms with Crippen LogP contribution >= 0.6 is 11.6 Å². The van der Waals surface area contributed by atoms with Crippen molar-refractivity contribution in [2.75, 3.05) is 32.7 Å². The van der Waals surface area contributed by atoms with Gasteiger partial charge in [-0.25, -0.2) is 0 Å². The molecule has 0 radical (unpaired) electrons. The van der Waals surface area contributed by atoms with E-state index in [2.05, 4.69) is 0 Å². The van der Waals surface area contributed by atoms with E-state index in [-0.39, 0.29) is 23.6 Å². The highest BCUT2D eigenvalue weighted by atomic mass is 35.5. The van der Waals surface area contributed by atoms with Crippen LogP contribution in [0.4, 0.5) is 0 Å². The van der Waals surface area contributed by atoms with E-state index in [4.69, 9.17) is 11.6 Å². The summed E-state index contributed by atoms with van der Waals surface area (Å²) in [4.78, 5) is 42.3. The normalized spacial score (nSPS) is 21.2. The van der Waals surface area contributed by atoms with Crippen LogP contribution in [0, 0.1) is 5.92 Å². The lowest BCUT2D eigenvalue weighted by molar-refractivity contribution is -0.143. The third-order valence-electron chi connectivity index (χ3n) is 5.39.